The second-order valence-corrected chi connectivity index (χ2v) is 16.0. The van der Waals surface area contributed by atoms with E-state index < -0.39 is 35.1 Å². The van der Waals surface area contributed by atoms with Gasteiger partial charge in [-0.15, -0.1) is 11.8 Å². The molecule has 2 fully saturated rings. The monoisotopic (exact) mass is 791 g/mol. The fourth-order valence-corrected chi connectivity index (χ4v) is 8.67. The first-order valence-corrected chi connectivity index (χ1v) is 21.1. The van der Waals surface area contributed by atoms with Gasteiger partial charge in [0, 0.05) is 50.3 Å². The first kappa shape index (κ1) is 42.4. The molecule has 0 radical (unpaired) electrons. The molecule has 13 nitrogen and oxygen atoms in total. The van der Waals surface area contributed by atoms with E-state index in [9.17, 15) is 33.6 Å². The van der Waals surface area contributed by atoms with Crippen LogP contribution < -0.4 is 5.32 Å². The molecule has 2 aromatic carbocycles. The number of thioether (sulfide) groups is 1. The van der Waals surface area contributed by atoms with Gasteiger partial charge >= 0.3 is 12.1 Å². The molecule has 0 bridgehead atoms. The van der Waals surface area contributed by atoms with Gasteiger partial charge in [-0.1, -0.05) is 106 Å². The summed E-state index contributed by atoms with van der Waals surface area (Å²) in [6.45, 7) is -0.123. The summed E-state index contributed by atoms with van der Waals surface area (Å²) >= 11 is 1.53. The minimum atomic E-state index is -1.17. The molecule has 56 heavy (non-hydrogen) atoms. The molecule has 0 spiro atoms. The number of unbranched alkanes of at least 4 members (excludes halogenated alkanes) is 12. The molecule has 14 heteroatoms. The lowest BCUT2D eigenvalue weighted by Crippen LogP contribution is -2.34. The zero-order valence-electron chi connectivity index (χ0n) is 32.0. The van der Waals surface area contributed by atoms with E-state index >= 15 is 0 Å². The Morgan fingerprint density at radius 3 is 2.00 bits per heavy atom. The SMILES string of the molecule is O=C(O)CCCCCCCCCCCCCCCSC1CC(=O)N(CCC(=O)Nc2ccc3c(c2)C(COC(=O)ON2C(=O)CCC2=O)c2ccccc2-3)C1=O. The molecule has 2 heterocycles. The topological polar surface area (TPSA) is 177 Å². The number of ether oxygens (including phenoxy) is 1. The summed E-state index contributed by atoms with van der Waals surface area (Å²) in [4.78, 5) is 91.4. The molecule has 2 N–H and O–H groups in total. The smallest absolute Gasteiger partial charge is 0.481 e. The van der Waals surface area contributed by atoms with E-state index in [0.717, 1.165) is 66.5 Å². The van der Waals surface area contributed by atoms with Crippen molar-refractivity contribution in [2.24, 2.45) is 0 Å². The van der Waals surface area contributed by atoms with E-state index in [1.54, 1.807) is 12.1 Å². The van der Waals surface area contributed by atoms with Gasteiger partial charge in [-0.3, -0.25) is 38.5 Å². The number of nitrogens with zero attached hydrogens (tertiary/aromatic N) is 2. The van der Waals surface area contributed by atoms with E-state index in [4.69, 9.17) is 14.7 Å². The van der Waals surface area contributed by atoms with Gasteiger partial charge in [0.2, 0.25) is 17.7 Å². The minimum absolute atomic E-state index is 0.00430. The second-order valence-electron chi connectivity index (χ2n) is 14.7. The summed E-state index contributed by atoms with van der Waals surface area (Å²) in [5.41, 5.74) is 4.08. The van der Waals surface area contributed by atoms with Crippen molar-refractivity contribution in [3.05, 3.63) is 53.6 Å². The zero-order chi connectivity index (χ0) is 39.9. The fraction of sp³-hybridized carbons (Fsp3) is 0.548. The number of hydrogen-bond donors (Lipinski definition) is 2. The molecule has 302 valence electrons. The van der Waals surface area contributed by atoms with Crippen molar-refractivity contribution in [3.63, 3.8) is 0 Å². The average molecular weight is 792 g/mol. The number of rotatable bonds is 24. The lowest BCUT2D eigenvalue weighted by atomic mass is 9.97. The average Bonchev–Trinajstić information content (AvgIpc) is 3.77. The first-order chi connectivity index (χ1) is 27.1. The van der Waals surface area contributed by atoms with Crippen molar-refractivity contribution in [2.45, 2.75) is 127 Å². The number of nitrogens with one attached hydrogen (secondary N) is 1. The van der Waals surface area contributed by atoms with Gasteiger partial charge in [0.1, 0.15) is 6.61 Å². The van der Waals surface area contributed by atoms with Crippen molar-refractivity contribution >= 4 is 59.1 Å². The maximum atomic E-state index is 13.1. The Labute approximate surface area is 332 Å². The largest absolute Gasteiger partial charge is 0.533 e. The molecule has 2 saturated heterocycles. The number of hydrogen-bond acceptors (Lipinski definition) is 10. The van der Waals surface area contributed by atoms with Crippen LogP contribution in [0.4, 0.5) is 10.5 Å². The predicted molar refractivity (Wildman–Crippen MR) is 210 cm³/mol. The number of carboxylic acids is 1. The molecular weight excluding hydrogens is 739 g/mol. The molecule has 0 aromatic heterocycles. The third kappa shape index (κ3) is 12.1. The number of imide groups is 2. The highest BCUT2D eigenvalue weighted by Crippen LogP contribution is 2.46. The van der Waals surface area contributed by atoms with Crippen LogP contribution in [-0.4, -0.2) is 80.9 Å². The van der Waals surface area contributed by atoms with Gasteiger partial charge in [-0.25, -0.2) is 4.79 Å². The summed E-state index contributed by atoms with van der Waals surface area (Å²) in [5, 5.41) is 11.6. The predicted octanol–water partition coefficient (Wildman–Crippen LogP) is 7.75. The van der Waals surface area contributed by atoms with E-state index in [-0.39, 0.29) is 63.0 Å². The quantitative estimate of drug-likeness (QED) is 0.0604. The van der Waals surface area contributed by atoms with Crippen molar-refractivity contribution in [3.8, 4) is 11.1 Å². The van der Waals surface area contributed by atoms with Crippen LogP contribution in [0.2, 0.25) is 0 Å². The van der Waals surface area contributed by atoms with E-state index in [1.165, 1.54) is 61.6 Å². The molecule has 0 saturated carbocycles. The molecule has 5 amide bonds. The number of carboxylic acid groups (broad SMARTS) is 1. The lowest BCUT2D eigenvalue weighted by Gasteiger charge is -2.17. The number of carbonyl (C=O) groups is 7. The van der Waals surface area contributed by atoms with Crippen LogP contribution in [0.25, 0.3) is 11.1 Å². The van der Waals surface area contributed by atoms with Crippen LogP contribution in [0.3, 0.4) is 0 Å². The molecule has 2 aliphatic heterocycles. The summed E-state index contributed by atoms with van der Waals surface area (Å²) in [6, 6.07) is 13.1. The number of likely N-dealkylation sites (tertiary alicyclic amines) is 1. The summed E-state index contributed by atoms with van der Waals surface area (Å²) in [5.74, 6) is -2.33. The van der Waals surface area contributed by atoms with Crippen LogP contribution in [0.15, 0.2) is 42.5 Å². The molecule has 1 aliphatic carbocycles. The molecular formula is C42H53N3O10S. The summed E-state index contributed by atoms with van der Waals surface area (Å²) < 4.78 is 5.35. The van der Waals surface area contributed by atoms with E-state index in [0.29, 0.717) is 10.8 Å². The number of hydroxylamine groups is 2. The normalized spacial score (nSPS) is 17.4. The van der Waals surface area contributed by atoms with Crippen LogP contribution in [0.1, 0.15) is 133 Å². The third-order valence-corrected chi connectivity index (χ3v) is 11.8. The number of anilines is 1. The van der Waals surface area contributed by atoms with Gasteiger partial charge in [-0.05, 0) is 53.0 Å². The van der Waals surface area contributed by atoms with Crippen molar-refractivity contribution in [2.75, 3.05) is 24.2 Å². The van der Waals surface area contributed by atoms with Crippen LogP contribution >= 0.6 is 11.8 Å². The number of benzene rings is 2. The maximum Gasteiger partial charge on any atom is 0.533 e. The number of aliphatic carboxylic acids is 1. The first-order valence-electron chi connectivity index (χ1n) is 20.0. The lowest BCUT2D eigenvalue weighted by molar-refractivity contribution is -0.177. The van der Waals surface area contributed by atoms with E-state index in [1.807, 2.05) is 30.3 Å². The van der Waals surface area contributed by atoms with E-state index in [2.05, 4.69) is 5.32 Å². The number of carbonyl (C=O) groups excluding carboxylic acids is 6. The van der Waals surface area contributed by atoms with Gasteiger partial charge in [0.25, 0.3) is 11.8 Å². The van der Waals surface area contributed by atoms with Crippen LogP contribution in [-0.2, 0) is 38.3 Å². The van der Waals surface area contributed by atoms with Crippen LogP contribution in [0.5, 0.6) is 0 Å². The highest BCUT2D eigenvalue weighted by atomic mass is 32.2. The highest BCUT2D eigenvalue weighted by Gasteiger charge is 2.39. The van der Waals surface area contributed by atoms with Crippen LogP contribution in [0, 0.1) is 0 Å². The number of amides is 5. The molecule has 2 unspecified atom stereocenters. The van der Waals surface area contributed by atoms with Gasteiger partial charge < -0.3 is 15.2 Å². The highest BCUT2D eigenvalue weighted by molar-refractivity contribution is 8.00. The maximum absolute atomic E-state index is 13.1. The van der Waals surface area contributed by atoms with Gasteiger partial charge in [0.15, 0.2) is 0 Å². The van der Waals surface area contributed by atoms with Crippen molar-refractivity contribution in [1.82, 2.24) is 9.96 Å². The molecule has 2 aromatic rings. The summed E-state index contributed by atoms with van der Waals surface area (Å²) in [6.07, 6.45) is 13.9. The van der Waals surface area contributed by atoms with Crippen molar-refractivity contribution < 1.29 is 48.2 Å². The Bertz CT molecular complexity index is 1730. The number of fused-ring (bicyclic) bond motifs is 3. The zero-order valence-corrected chi connectivity index (χ0v) is 32.8. The fourth-order valence-electron chi connectivity index (χ4n) is 7.48. The minimum Gasteiger partial charge on any atom is -0.481 e. The summed E-state index contributed by atoms with van der Waals surface area (Å²) in [7, 11) is 0. The molecule has 2 atom stereocenters. The van der Waals surface area contributed by atoms with Gasteiger partial charge in [-0.2, -0.15) is 0 Å². The Balaban J connectivity index is 0.972. The van der Waals surface area contributed by atoms with Crippen molar-refractivity contribution in [1.29, 1.82) is 0 Å². The Kier molecular flexibility index (Phi) is 16.3. The Hall–Kier alpha value is -4.72. The second kappa shape index (κ2) is 21.5. The Morgan fingerprint density at radius 1 is 0.732 bits per heavy atom. The molecule has 3 aliphatic rings. The van der Waals surface area contributed by atoms with Gasteiger partial charge in [0.05, 0.1) is 5.25 Å². The molecule has 5 rings (SSSR count). The standard InChI is InChI=1S/C42H53N3O10S/c46-36(23-24-44-39(49)27-35(41(44)52)56-25-15-11-9-7-5-3-1-2-4-6-8-10-12-18-40(50)51)43-29-19-20-32-30-16-13-14-17-31(30)34(33(32)26-29)28-54-42(53)55-45-37(47)21-22-38(45)48/h13-14,16-17,19-20,26,34-35H,1-12,15,18,21-25,27-28H2,(H,43,46)(H,50,51). The Morgan fingerprint density at radius 2 is 1.34 bits per heavy atom. The third-order valence-electron chi connectivity index (χ3n) is 10.5.